The third-order valence-electron chi connectivity index (χ3n) is 9.24. The van der Waals surface area contributed by atoms with E-state index in [2.05, 4.69) is 5.43 Å². The fourth-order valence-corrected chi connectivity index (χ4v) is 8.06. The summed E-state index contributed by atoms with van der Waals surface area (Å²) in [4.78, 5) is 28.3. The molecular weight excluding hydrogens is 451 g/mol. The highest BCUT2D eigenvalue weighted by Gasteiger charge is 2.71. The van der Waals surface area contributed by atoms with Gasteiger partial charge >= 0.3 is 0 Å². The third kappa shape index (κ3) is 3.39. The summed E-state index contributed by atoms with van der Waals surface area (Å²) >= 11 is 6.73. The van der Waals surface area contributed by atoms with Gasteiger partial charge in [0.15, 0.2) is 17.2 Å². The molecule has 10 unspecified atom stereocenters. The number of nitrogens with one attached hydrogen (secondary N) is 1. The van der Waals surface area contributed by atoms with Gasteiger partial charge in [-0.3, -0.25) is 15.0 Å². The van der Waals surface area contributed by atoms with Gasteiger partial charge in [-0.2, -0.15) is 0 Å². The van der Waals surface area contributed by atoms with Gasteiger partial charge < -0.3 is 14.2 Å². The Morgan fingerprint density at radius 2 is 1.76 bits per heavy atom. The Balaban J connectivity index is 1.51. The first-order chi connectivity index (χ1) is 15.8. The lowest BCUT2D eigenvalue weighted by atomic mass is 9.61. The third-order valence-corrected chi connectivity index (χ3v) is 9.77. The summed E-state index contributed by atoms with van der Waals surface area (Å²) in [6.45, 7) is 1.91. The van der Waals surface area contributed by atoms with Crippen LogP contribution in [-0.4, -0.2) is 85.4 Å². The van der Waals surface area contributed by atoms with E-state index in [9.17, 15) is 9.59 Å². The molecule has 5 aliphatic rings. The van der Waals surface area contributed by atoms with Crippen LogP contribution < -0.4 is 5.43 Å². The fourth-order valence-electron chi connectivity index (χ4n) is 7.64. The van der Waals surface area contributed by atoms with Crippen LogP contribution in [0.25, 0.3) is 0 Å². The number of hydrogen-bond donors (Lipinski definition) is 1. The number of ketones is 2. The predicted octanol–water partition coefficient (Wildman–Crippen LogP) is 2.29. The minimum absolute atomic E-state index is 0.127. The molecule has 9 heteroatoms. The van der Waals surface area contributed by atoms with E-state index < -0.39 is 41.2 Å². The predicted molar refractivity (Wildman–Crippen MR) is 120 cm³/mol. The lowest BCUT2D eigenvalue weighted by molar-refractivity contribution is -0.170. The second kappa shape index (κ2) is 8.79. The molecule has 33 heavy (non-hydrogen) atoms. The highest BCUT2D eigenvalue weighted by molar-refractivity contribution is 6.23. The summed E-state index contributed by atoms with van der Waals surface area (Å²) in [6.07, 6.45) is 1.86. The van der Waals surface area contributed by atoms with Crippen LogP contribution in [0.15, 0.2) is 0 Å². The molecule has 3 aliphatic carbocycles. The van der Waals surface area contributed by atoms with E-state index in [-0.39, 0.29) is 41.6 Å². The Morgan fingerprint density at radius 1 is 1.09 bits per heavy atom. The monoisotopic (exact) mass is 486 g/mol. The van der Waals surface area contributed by atoms with Crippen molar-refractivity contribution in [3.05, 3.63) is 0 Å². The van der Waals surface area contributed by atoms with Gasteiger partial charge in [0.05, 0.1) is 35.5 Å². The van der Waals surface area contributed by atoms with Crippen LogP contribution in [0, 0.1) is 23.7 Å². The summed E-state index contributed by atoms with van der Waals surface area (Å²) in [5.74, 6) is -2.09. The number of ether oxygens (including phenoxy) is 3. The van der Waals surface area contributed by atoms with E-state index in [0.717, 1.165) is 19.3 Å². The van der Waals surface area contributed by atoms with Gasteiger partial charge in [-0.15, -0.1) is 11.6 Å². The smallest absolute Gasteiger partial charge is 0.188 e. The molecule has 3 saturated carbocycles. The summed E-state index contributed by atoms with van der Waals surface area (Å²) in [7, 11) is 5.05. The van der Waals surface area contributed by atoms with Crippen LogP contribution >= 0.6 is 11.6 Å². The topological polar surface area (TPSA) is 77.1 Å². The molecule has 186 valence electrons. The second-order valence-electron chi connectivity index (χ2n) is 10.8. The zero-order valence-corrected chi connectivity index (χ0v) is 20.6. The number of Topliss-reactive ketones (excluding diaryl/α,β-unsaturated/α-hetero) is 2. The number of fused-ring (bicyclic) bond motifs is 2. The van der Waals surface area contributed by atoms with Crippen LogP contribution in [0.2, 0.25) is 0 Å². The van der Waals surface area contributed by atoms with Gasteiger partial charge in [0.2, 0.25) is 0 Å². The maximum absolute atomic E-state index is 15.0. The van der Waals surface area contributed by atoms with Crippen molar-refractivity contribution in [1.29, 1.82) is 0 Å². The summed E-state index contributed by atoms with van der Waals surface area (Å²) in [5.41, 5.74) is 1.86. The number of carbonyl (C=O) groups excluding carboxylic acids is 2. The van der Waals surface area contributed by atoms with Gasteiger partial charge in [0.25, 0.3) is 0 Å². The maximum Gasteiger partial charge on any atom is 0.188 e. The molecule has 0 bridgehead atoms. The lowest BCUT2D eigenvalue weighted by Gasteiger charge is -2.44. The van der Waals surface area contributed by atoms with E-state index >= 15 is 4.39 Å². The van der Waals surface area contributed by atoms with Crippen molar-refractivity contribution < 1.29 is 28.2 Å². The van der Waals surface area contributed by atoms with E-state index in [0.29, 0.717) is 19.3 Å². The van der Waals surface area contributed by atoms with Crippen molar-refractivity contribution >= 4 is 23.2 Å². The maximum atomic E-state index is 15.0. The molecule has 12 atom stereocenters. The molecule has 2 aliphatic heterocycles. The summed E-state index contributed by atoms with van der Waals surface area (Å²) in [5, 5.41) is 1.37. The number of alkyl halides is 2. The van der Waals surface area contributed by atoms with Crippen LogP contribution in [0.3, 0.4) is 0 Å². The average molecular weight is 487 g/mol. The molecule has 2 heterocycles. The van der Waals surface area contributed by atoms with Crippen LogP contribution in [-0.2, 0) is 23.8 Å². The summed E-state index contributed by atoms with van der Waals surface area (Å²) < 4.78 is 32.8. The molecule has 0 radical (unpaired) electrons. The average Bonchev–Trinajstić information content (AvgIpc) is 3.29. The van der Waals surface area contributed by atoms with Gasteiger partial charge in [-0.1, -0.05) is 19.8 Å². The van der Waals surface area contributed by atoms with Gasteiger partial charge in [0.1, 0.15) is 6.17 Å². The molecule has 0 amide bonds. The van der Waals surface area contributed by atoms with E-state index in [1.165, 1.54) is 0 Å². The SMILES string of the molecule is COC1CC(OC)C2C(=O)[C@@]3(OC2C1Cl)C(=O)C1C(C[C@H]3C)NN(C)C1C1CCCCC1F. The second-order valence-corrected chi connectivity index (χ2v) is 11.3. The van der Waals surface area contributed by atoms with Gasteiger partial charge in [-0.05, 0) is 19.3 Å². The Hall–Kier alpha value is -0.640. The molecule has 0 aromatic heterocycles. The molecule has 0 aromatic rings. The van der Waals surface area contributed by atoms with Crippen LogP contribution in [0.4, 0.5) is 4.39 Å². The first-order valence-electron chi connectivity index (χ1n) is 12.3. The number of methoxy groups -OCH3 is 2. The fraction of sp³-hybridized carbons (Fsp3) is 0.917. The molecule has 1 N–H and O–H groups in total. The van der Waals surface area contributed by atoms with E-state index in [4.69, 9.17) is 25.8 Å². The quantitative estimate of drug-likeness (QED) is 0.484. The highest BCUT2D eigenvalue weighted by atomic mass is 35.5. The molecule has 5 rings (SSSR count). The van der Waals surface area contributed by atoms with Crippen molar-refractivity contribution in [2.24, 2.45) is 23.7 Å². The number of halogens is 2. The largest absolute Gasteiger partial charge is 0.380 e. The molecule has 5 fully saturated rings. The van der Waals surface area contributed by atoms with Crippen molar-refractivity contribution in [3.63, 3.8) is 0 Å². The zero-order valence-electron chi connectivity index (χ0n) is 19.8. The molecule has 2 saturated heterocycles. The molecule has 0 aromatic carbocycles. The highest BCUT2D eigenvalue weighted by Crippen LogP contribution is 2.53. The molecular formula is C24H36ClFN2O5. The number of hydrogen-bond acceptors (Lipinski definition) is 7. The first kappa shape index (κ1) is 24.1. The van der Waals surface area contributed by atoms with Crippen molar-refractivity contribution in [1.82, 2.24) is 10.4 Å². The minimum Gasteiger partial charge on any atom is -0.380 e. The zero-order chi connectivity index (χ0) is 23.7. The molecule has 7 nitrogen and oxygen atoms in total. The van der Waals surface area contributed by atoms with E-state index in [1.807, 2.05) is 19.0 Å². The number of nitrogens with zero attached hydrogens (tertiary/aromatic N) is 1. The summed E-state index contributed by atoms with van der Waals surface area (Å²) in [6, 6.07) is -0.420. The van der Waals surface area contributed by atoms with Gasteiger partial charge in [0, 0.05) is 51.6 Å². The lowest BCUT2D eigenvalue weighted by Crippen LogP contribution is -2.62. The van der Waals surface area contributed by atoms with Crippen molar-refractivity contribution in [2.75, 3.05) is 21.3 Å². The van der Waals surface area contributed by atoms with Crippen molar-refractivity contribution in [3.8, 4) is 0 Å². The number of rotatable bonds is 3. The van der Waals surface area contributed by atoms with Gasteiger partial charge in [-0.25, -0.2) is 9.40 Å². The minimum atomic E-state index is -1.56. The number of hydrazine groups is 1. The Bertz CT molecular complexity index is 803. The Labute approximate surface area is 200 Å². The normalized spacial score (nSPS) is 52.8. The standard InChI is InChI=1S/C24H36ClFN2O5/c1-11-9-14-17(20(28(2)27-14)12-7-5-6-8-13(12)26)22(29)24(11)23(30)18-15(31-3)10-16(32-4)19(25)21(18)33-24/h11-21,27H,5-10H2,1-4H3/t11-,12?,13?,14?,15?,16?,17?,18?,19?,20?,21?,24+/m1/s1. The van der Waals surface area contributed by atoms with Crippen molar-refractivity contribution in [2.45, 2.75) is 93.0 Å². The molecule has 1 spiro atoms. The first-order valence-corrected chi connectivity index (χ1v) is 12.8. The Kier molecular flexibility index (Phi) is 6.41. The van der Waals surface area contributed by atoms with E-state index in [1.54, 1.807) is 14.2 Å². The Morgan fingerprint density at radius 3 is 2.42 bits per heavy atom. The van der Waals surface area contributed by atoms with Crippen LogP contribution in [0.5, 0.6) is 0 Å². The van der Waals surface area contributed by atoms with Crippen LogP contribution in [0.1, 0.15) is 45.4 Å². The number of carbonyl (C=O) groups is 2.